The Morgan fingerprint density at radius 3 is 2.85 bits per heavy atom. The second-order valence-electron chi connectivity index (χ2n) is 6.41. The van der Waals surface area contributed by atoms with E-state index in [9.17, 15) is 5.26 Å². The zero-order valence-electron chi connectivity index (χ0n) is 14.9. The van der Waals surface area contributed by atoms with Gasteiger partial charge in [-0.3, -0.25) is 9.67 Å². The molecule has 1 aliphatic rings. The molecule has 1 N–H and O–H groups in total. The summed E-state index contributed by atoms with van der Waals surface area (Å²) in [7, 11) is 0. The summed E-state index contributed by atoms with van der Waals surface area (Å²) in [5.74, 6) is 0.784. The largest absolute Gasteiger partial charge is 0.345 e. The summed E-state index contributed by atoms with van der Waals surface area (Å²) < 4.78 is 2.79. The molecule has 5 nitrogen and oxygen atoms in total. The molecule has 0 fully saturated rings. The van der Waals surface area contributed by atoms with E-state index in [1.54, 1.807) is 6.20 Å². The fourth-order valence-electron chi connectivity index (χ4n) is 3.45. The van der Waals surface area contributed by atoms with Crippen LogP contribution in [0, 0.1) is 11.3 Å². The molecule has 27 heavy (non-hydrogen) atoms. The van der Waals surface area contributed by atoms with E-state index in [0.717, 1.165) is 45.7 Å². The van der Waals surface area contributed by atoms with Gasteiger partial charge in [-0.1, -0.05) is 25.1 Å². The summed E-state index contributed by atoms with van der Waals surface area (Å²) in [6.45, 7) is 3.00. The average Bonchev–Trinajstić information content (AvgIpc) is 3.11. The lowest BCUT2D eigenvalue weighted by molar-refractivity contribution is 0.604. The van der Waals surface area contributed by atoms with E-state index in [1.165, 1.54) is 0 Å². The number of rotatable bonds is 4. The minimum Gasteiger partial charge on any atom is -0.345 e. The number of hydrogen-bond acceptors (Lipinski definition) is 4. The van der Waals surface area contributed by atoms with Gasteiger partial charge in [-0.05, 0) is 46.1 Å². The molecule has 1 atom stereocenters. The first-order valence-electron chi connectivity index (χ1n) is 8.86. The molecule has 0 amide bonds. The number of halogens is 1. The fraction of sp³-hybridized carbons (Fsp3) is 0.190. The lowest BCUT2D eigenvalue weighted by atomic mass is 9.82. The molecule has 1 aromatic carbocycles. The first kappa shape index (κ1) is 17.5. The van der Waals surface area contributed by atoms with Crippen LogP contribution in [0.15, 0.2) is 59.5 Å². The number of fused-ring (bicyclic) bond motifs is 1. The van der Waals surface area contributed by atoms with E-state index >= 15 is 0 Å². The molecule has 1 unspecified atom stereocenters. The summed E-state index contributed by atoms with van der Waals surface area (Å²) in [6, 6.07) is 14.0. The maximum Gasteiger partial charge on any atom is 0.156 e. The third-order valence-electron chi connectivity index (χ3n) is 4.65. The number of benzene rings is 1. The van der Waals surface area contributed by atoms with Crippen LogP contribution in [0.25, 0.3) is 5.57 Å². The summed E-state index contributed by atoms with van der Waals surface area (Å²) in [6.07, 6.45) is 6.88. The van der Waals surface area contributed by atoms with Crippen molar-refractivity contribution in [3.05, 3.63) is 81.8 Å². The zero-order chi connectivity index (χ0) is 18.8. The van der Waals surface area contributed by atoms with E-state index in [4.69, 9.17) is 0 Å². The second-order valence-corrected chi connectivity index (χ2v) is 7.20. The van der Waals surface area contributed by atoms with Crippen molar-refractivity contribution >= 4 is 27.3 Å². The molecule has 0 spiro atoms. The normalized spacial score (nSPS) is 15.4. The molecule has 134 valence electrons. The molecule has 0 bridgehead atoms. The topological polar surface area (TPSA) is 66.5 Å². The monoisotopic (exact) mass is 419 g/mol. The highest BCUT2D eigenvalue weighted by molar-refractivity contribution is 9.10. The van der Waals surface area contributed by atoms with Crippen LogP contribution >= 0.6 is 15.9 Å². The van der Waals surface area contributed by atoms with Gasteiger partial charge in [0.15, 0.2) is 5.82 Å². The standard InChI is InChI=1S/C21H18BrN5/c1-2-10-27-13-17-19(15-7-5-6-14(11-23)20(15)22)16(12-25-21(17)26-27)18-8-3-4-9-24-18/h3-9,12-13,19H,2,10H2,1H3,(H,25,26). The minimum absolute atomic E-state index is 0.0653. The lowest BCUT2D eigenvalue weighted by Gasteiger charge is -2.26. The molecular formula is C21H18BrN5. The number of anilines is 1. The van der Waals surface area contributed by atoms with Crippen molar-refractivity contribution in [3.8, 4) is 6.07 Å². The van der Waals surface area contributed by atoms with Crippen LogP contribution in [-0.4, -0.2) is 14.8 Å². The Balaban J connectivity index is 1.91. The van der Waals surface area contributed by atoms with Crippen LogP contribution in [0.3, 0.4) is 0 Å². The van der Waals surface area contributed by atoms with Crippen molar-refractivity contribution in [2.75, 3.05) is 5.32 Å². The molecular weight excluding hydrogens is 402 g/mol. The Morgan fingerprint density at radius 1 is 1.22 bits per heavy atom. The lowest BCUT2D eigenvalue weighted by Crippen LogP contribution is -2.13. The van der Waals surface area contributed by atoms with Crippen molar-refractivity contribution in [3.63, 3.8) is 0 Å². The molecule has 6 heteroatoms. The Labute approximate surface area is 166 Å². The summed E-state index contributed by atoms with van der Waals surface area (Å²) in [4.78, 5) is 4.55. The minimum atomic E-state index is -0.0653. The molecule has 0 saturated carbocycles. The third kappa shape index (κ3) is 3.15. The first-order chi connectivity index (χ1) is 13.2. The van der Waals surface area contributed by atoms with E-state index in [0.29, 0.717) is 5.56 Å². The summed E-state index contributed by atoms with van der Waals surface area (Å²) in [5, 5.41) is 17.5. The number of pyridine rings is 1. The number of nitriles is 1. The average molecular weight is 420 g/mol. The van der Waals surface area contributed by atoms with Gasteiger partial charge in [-0.2, -0.15) is 10.4 Å². The van der Waals surface area contributed by atoms with Gasteiger partial charge in [0, 0.05) is 46.7 Å². The first-order valence-corrected chi connectivity index (χ1v) is 9.66. The fourth-order valence-corrected chi connectivity index (χ4v) is 4.03. The molecule has 0 saturated heterocycles. The van der Waals surface area contributed by atoms with Gasteiger partial charge >= 0.3 is 0 Å². The number of allylic oxidation sites excluding steroid dienone is 1. The number of nitrogens with one attached hydrogen (secondary N) is 1. The second kappa shape index (κ2) is 7.37. The smallest absolute Gasteiger partial charge is 0.156 e. The molecule has 0 aliphatic carbocycles. The van der Waals surface area contributed by atoms with Crippen molar-refractivity contribution in [1.29, 1.82) is 5.26 Å². The van der Waals surface area contributed by atoms with Gasteiger partial charge in [0.1, 0.15) is 6.07 Å². The Hall–Kier alpha value is -2.91. The van der Waals surface area contributed by atoms with Crippen LogP contribution < -0.4 is 5.32 Å². The van der Waals surface area contributed by atoms with E-state index in [-0.39, 0.29) is 5.92 Å². The Kier molecular flexibility index (Phi) is 4.78. The van der Waals surface area contributed by atoms with Crippen LogP contribution in [0.4, 0.5) is 5.82 Å². The van der Waals surface area contributed by atoms with Gasteiger partial charge in [0.05, 0.1) is 11.3 Å². The summed E-state index contributed by atoms with van der Waals surface area (Å²) >= 11 is 3.65. The number of aromatic nitrogens is 3. The highest BCUT2D eigenvalue weighted by Crippen LogP contribution is 2.45. The van der Waals surface area contributed by atoms with Gasteiger partial charge in [-0.15, -0.1) is 0 Å². The predicted octanol–water partition coefficient (Wildman–Crippen LogP) is 4.92. The van der Waals surface area contributed by atoms with E-state index in [1.807, 2.05) is 41.2 Å². The number of aryl methyl sites for hydroxylation is 1. The van der Waals surface area contributed by atoms with Crippen LogP contribution in [0.2, 0.25) is 0 Å². The van der Waals surface area contributed by atoms with Crippen molar-refractivity contribution < 1.29 is 0 Å². The molecule has 1 aliphatic heterocycles. The predicted molar refractivity (Wildman–Crippen MR) is 109 cm³/mol. The van der Waals surface area contributed by atoms with Gasteiger partial charge < -0.3 is 5.32 Å². The van der Waals surface area contributed by atoms with Crippen LogP contribution in [-0.2, 0) is 6.54 Å². The summed E-state index contributed by atoms with van der Waals surface area (Å²) in [5.41, 5.74) is 4.69. The van der Waals surface area contributed by atoms with Crippen molar-refractivity contribution in [1.82, 2.24) is 14.8 Å². The molecule has 3 heterocycles. The zero-order valence-corrected chi connectivity index (χ0v) is 16.4. The SMILES string of the molecule is CCCn1cc2c(n1)NC=C(c1ccccn1)C2c1cccc(C#N)c1Br. The maximum absolute atomic E-state index is 9.46. The van der Waals surface area contributed by atoms with Gasteiger partial charge in [-0.25, -0.2) is 0 Å². The maximum atomic E-state index is 9.46. The van der Waals surface area contributed by atoms with Crippen LogP contribution in [0.1, 0.15) is 41.6 Å². The quantitative estimate of drug-likeness (QED) is 0.651. The van der Waals surface area contributed by atoms with Crippen LogP contribution in [0.5, 0.6) is 0 Å². The highest BCUT2D eigenvalue weighted by Gasteiger charge is 2.31. The van der Waals surface area contributed by atoms with Gasteiger partial charge in [0.2, 0.25) is 0 Å². The number of nitrogens with zero attached hydrogens (tertiary/aromatic N) is 4. The molecule has 3 aromatic rings. The molecule has 0 radical (unpaired) electrons. The van der Waals surface area contributed by atoms with E-state index in [2.05, 4.69) is 56.6 Å². The molecule has 2 aromatic heterocycles. The Bertz CT molecular complexity index is 1050. The molecule has 4 rings (SSSR count). The van der Waals surface area contributed by atoms with Gasteiger partial charge in [0.25, 0.3) is 0 Å². The third-order valence-corrected chi connectivity index (χ3v) is 5.53. The van der Waals surface area contributed by atoms with E-state index < -0.39 is 0 Å². The number of hydrogen-bond donors (Lipinski definition) is 1. The van der Waals surface area contributed by atoms with Crippen molar-refractivity contribution in [2.45, 2.75) is 25.8 Å². The Morgan fingerprint density at radius 2 is 2.11 bits per heavy atom. The van der Waals surface area contributed by atoms with Crippen molar-refractivity contribution in [2.24, 2.45) is 0 Å². The highest BCUT2D eigenvalue weighted by atomic mass is 79.9.